The lowest BCUT2D eigenvalue weighted by molar-refractivity contribution is 0.101. The highest BCUT2D eigenvalue weighted by atomic mass is 79.9. The maximum absolute atomic E-state index is 12.8. The molecular weight excluding hydrogens is 786 g/mol. The summed E-state index contributed by atoms with van der Waals surface area (Å²) in [5.41, 5.74) is 7.80. The van der Waals surface area contributed by atoms with Gasteiger partial charge in [0, 0.05) is 75.9 Å². The lowest BCUT2D eigenvalue weighted by atomic mass is 10.1. The fraction of sp³-hybridized carbons (Fsp3) is 0.0714. The molecule has 0 aliphatic heterocycles. The van der Waals surface area contributed by atoms with Crippen LogP contribution in [0.3, 0.4) is 0 Å². The highest BCUT2D eigenvalue weighted by Crippen LogP contribution is 2.28. The first-order valence-corrected chi connectivity index (χ1v) is 18.5. The van der Waals surface area contributed by atoms with Gasteiger partial charge >= 0.3 is 0 Å². The van der Waals surface area contributed by atoms with E-state index in [0.717, 1.165) is 43.2 Å². The zero-order valence-corrected chi connectivity index (χ0v) is 32.0. The molecule has 9 aromatic rings. The molecular formula is C42H34BrN11O3. The lowest BCUT2D eigenvalue weighted by Crippen LogP contribution is -2.11. The van der Waals surface area contributed by atoms with Gasteiger partial charge in [-0.1, -0.05) is 48.5 Å². The number of benzene rings is 2. The summed E-state index contributed by atoms with van der Waals surface area (Å²) in [6.45, 7) is 1.16. The number of pyridine rings is 3. The first-order valence-electron chi connectivity index (χ1n) is 17.7. The molecule has 0 spiro atoms. The van der Waals surface area contributed by atoms with Crippen LogP contribution in [-0.4, -0.2) is 63.4 Å². The number of anilines is 2. The Balaban J connectivity index is 0.000000161. The molecule has 15 heteroatoms. The number of hydrogen-bond donors (Lipinski definition) is 4. The summed E-state index contributed by atoms with van der Waals surface area (Å²) in [6.07, 6.45) is 17.1. The van der Waals surface area contributed by atoms with E-state index < -0.39 is 0 Å². The Morgan fingerprint density at radius 2 is 1.32 bits per heavy atom. The van der Waals surface area contributed by atoms with E-state index in [9.17, 15) is 9.59 Å². The molecule has 0 saturated carbocycles. The number of rotatable bonds is 10. The van der Waals surface area contributed by atoms with Gasteiger partial charge < -0.3 is 25.3 Å². The molecule has 282 valence electrons. The minimum Gasteiger partial charge on any atom is -0.497 e. The summed E-state index contributed by atoms with van der Waals surface area (Å²) in [5.74, 6) is 0.339. The number of halogens is 1. The highest BCUT2D eigenvalue weighted by molar-refractivity contribution is 9.10. The molecule has 9 rings (SSSR count). The second-order valence-electron chi connectivity index (χ2n) is 12.9. The number of H-pyrrole nitrogens is 2. The number of nitrogens with one attached hydrogen (secondary N) is 4. The van der Waals surface area contributed by atoms with Crippen molar-refractivity contribution in [3.63, 3.8) is 0 Å². The molecule has 0 radical (unpaired) electrons. The van der Waals surface area contributed by atoms with Gasteiger partial charge in [-0.3, -0.25) is 23.9 Å². The molecule has 7 aromatic heterocycles. The van der Waals surface area contributed by atoms with E-state index in [1.165, 1.54) is 0 Å². The summed E-state index contributed by atoms with van der Waals surface area (Å²) in [4.78, 5) is 44.4. The van der Waals surface area contributed by atoms with E-state index in [-0.39, 0.29) is 11.8 Å². The van der Waals surface area contributed by atoms with Crippen molar-refractivity contribution in [1.29, 1.82) is 0 Å². The summed E-state index contributed by atoms with van der Waals surface area (Å²) in [5, 5.41) is 16.1. The number of aromatic nitrogens is 9. The number of amides is 2. The van der Waals surface area contributed by atoms with Crippen molar-refractivity contribution in [2.24, 2.45) is 0 Å². The van der Waals surface area contributed by atoms with Crippen LogP contribution < -0.4 is 15.4 Å². The molecule has 4 N–H and O–H groups in total. The Morgan fingerprint density at radius 3 is 1.96 bits per heavy atom. The van der Waals surface area contributed by atoms with E-state index in [1.807, 2.05) is 78.9 Å². The fourth-order valence-electron chi connectivity index (χ4n) is 6.13. The predicted molar refractivity (Wildman–Crippen MR) is 221 cm³/mol. The Kier molecular flexibility index (Phi) is 10.6. The van der Waals surface area contributed by atoms with Gasteiger partial charge in [-0.25, -0.2) is 9.97 Å². The number of nitrogens with zero attached hydrogens (tertiary/aromatic N) is 7. The van der Waals surface area contributed by atoms with Gasteiger partial charge in [0.15, 0.2) is 0 Å². The Morgan fingerprint density at radius 1 is 0.684 bits per heavy atom. The molecule has 0 aliphatic rings. The number of methoxy groups -OCH3 is 1. The number of ether oxygens (including phenoxy) is 1. The van der Waals surface area contributed by atoms with Crippen molar-refractivity contribution in [3.05, 3.63) is 168 Å². The second-order valence-corrected chi connectivity index (χ2v) is 13.8. The van der Waals surface area contributed by atoms with Gasteiger partial charge in [0.1, 0.15) is 17.0 Å². The average Bonchev–Trinajstić information content (AvgIpc) is 4.07. The predicted octanol–water partition coefficient (Wildman–Crippen LogP) is 7.95. The molecule has 14 nitrogen and oxygen atoms in total. The summed E-state index contributed by atoms with van der Waals surface area (Å²) in [7, 11) is 1.63. The number of carbonyl (C=O) groups is 2. The van der Waals surface area contributed by atoms with Gasteiger partial charge in [-0.05, 0) is 57.4 Å². The first-order chi connectivity index (χ1) is 27.9. The quantitative estimate of drug-likeness (QED) is 0.108. The van der Waals surface area contributed by atoms with Crippen molar-refractivity contribution < 1.29 is 14.3 Å². The fourth-order valence-corrected chi connectivity index (χ4v) is 6.46. The molecule has 2 aromatic carbocycles. The van der Waals surface area contributed by atoms with Crippen molar-refractivity contribution in [2.75, 3.05) is 17.7 Å². The zero-order chi connectivity index (χ0) is 39.1. The highest BCUT2D eigenvalue weighted by Gasteiger charge is 2.15. The van der Waals surface area contributed by atoms with Crippen LogP contribution >= 0.6 is 15.9 Å². The Bertz CT molecular complexity index is 2810. The van der Waals surface area contributed by atoms with Gasteiger partial charge in [0.05, 0.1) is 55.1 Å². The molecule has 2 amide bonds. The molecule has 0 aliphatic carbocycles. The van der Waals surface area contributed by atoms with E-state index >= 15 is 0 Å². The van der Waals surface area contributed by atoms with Crippen LogP contribution in [0, 0.1) is 0 Å². The number of hydrogen-bond acceptors (Lipinski definition) is 8. The van der Waals surface area contributed by atoms with Crippen molar-refractivity contribution in [1.82, 2.24) is 44.5 Å². The minimum absolute atomic E-state index is 0.220. The van der Waals surface area contributed by atoms with E-state index in [2.05, 4.69) is 61.7 Å². The van der Waals surface area contributed by atoms with Crippen LogP contribution in [0.25, 0.3) is 33.2 Å². The molecule has 0 bridgehead atoms. The van der Waals surface area contributed by atoms with E-state index in [1.54, 1.807) is 78.4 Å². The van der Waals surface area contributed by atoms with Gasteiger partial charge in [-0.2, -0.15) is 10.2 Å². The summed E-state index contributed by atoms with van der Waals surface area (Å²) < 4.78 is 9.55. The lowest BCUT2D eigenvalue weighted by Gasteiger charge is -2.04. The third kappa shape index (κ3) is 8.63. The number of aromatic amines is 2. The maximum Gasteiger partial charge on any atom is 0.258 e. The molecule has 0 fully saturated rings. The maximum atomic E-state index is 12.8. The smallest absolute Gasteiger partial charge is 0.258 e. The van der Waals surface area contributed by atoms with Crippen LogP contribution in [0.1, 0.15) is 31.8 Å². The largest absolute Gasteiger partial charge is 0.497 e. The van der Waals surface area contributed by atoms with Crippen LogP contribution in [0.15, 0.2) is 145 Å². The zero-order valence-electron chi connectivity index (χ0n) is 30.4. The standard InChI is InChI=1S/C23H18N6O.C19H16BrN5O2/c30-23(19-12-27-29(15-19)14-16-5-2-1-3-6-16)28-21-13-26-22-20(21)9-18(11-25-22)17-7-4-8-24-10-17;1-27-15-4-2-3-12(5-15)10-25-11-13(7-23-25)19(26)24-17-9-22-18-16(17)6-14(20)8-21-18/h1-13,15H,14H2,(H,25,26)(H,28,30);2-9,11H,10H2,1H3,(H,21,22)(H,24,26). The number of fused-ring (bicyclic) bond motifs is 2. The molecule has 7 heterocycles. The number of carbonyl (C=O) groups excluding carboxylic acids is 2. The van der Waals surface area contributed by atoms with Crippen LogP contribution in [0.4, 0.5) is 11.4 Å². The molecule has 0 atom stereocenters. The molecule has 0 saturated heterocycles. The Hall–Kier alpha value is -7.39. The summed E-state index contributed by atoms with van der Waals surface area (Å²) in [6, 6.07) is 25.5. The average molecular weight is 821 g/mol. The van der Waals surface area contributed by atoms with E-state index in [0.29, 0.717) is 46.9 Å². The second kappa shape index (κ2) is 16.5. The van der Waals surface area contributed by atoms with Crippen LogP contribution in [0.5, 0.6) is 5.75 Å². The topological polar surface area (TPSA) is 173 Å². The first kappa shape index (κ1) is 36.6. The Labute approximate surface area is 334 Å². The van der Waals surface area contributed by atoms with E-state index in [4.69, 9.17) is 4.74 Å². The van der Waals surface area contributed by atoms with Crippen molar-refractivity contribution in [2.45, 2.75) is 13.1 Å². The van der Waals surface area contributed by atoms with Gasteiger partial charge in [-0.15, -0.1) is 0 Å². The normalized spacial score (nSPS) is 10.9. The van der Waals surface area contributed by atoms with Crippen molar-refractivity contribution in [3.8, 4) is 16.9 Å². The van der Waals surface area contributed by atoms with Crippen molar-refractivity contribution >= 4 is 61.2 Å². The van der Waals surface area contributed by atoms with Crippen LogP contribution in [0.2, 0.25) is 0 Å². The third-order valence-electron chi connectivity index (χ3n) is 8.98. The SMILES string of the molecule is COc1cccc(Cn2cc(C(=O)Nc3c[nH]c4ncc(Br)cc34)cn2)c1.O=C(Nc1c[nH]c2ncc(-c3cccnc3)cc12)c1cnn(Cc2ccccc2)c1. The summed E-state index contributed by atoms with van der Waals surface area (Å²) >= 11 is 3.40. The van der Waals surface area contributed by atoms with Gasteiger partial charge in [0.2, 0.25) is 0 Å². The monoisotopic (exact) mass is 819 g/mol. The van der Waals surface area contributed by atoms with Crippen LogP contribution in [-0.2, 0) is 13.1 Å². The minimum atomic E-state index is -0.229. The van der Waals surface area contributed by atoms with Gasteiger partial charge in [0.25, 0.3) is 11.8 Å². The third-order valence-corrected chi connectivity index (χ3v) is 9.41. The molecule has 0 unspecified atom stereocenters. The molecule has 57 heavy (non-hydrogen) atoms.